The van der Waals surface area contributed by atoms with Crippen LogP contribution in [0.4, 0.5) is 11.4 Å². The Morgan fingerprint density at radius 1 is 0.605 bits per heavy atom. The van der Waals surface area contributed by atoms with Gasteiger partial charge in [-0.25, -0.2) is 11.1 Å². The van der Waals surface area contributed by atoms with Crippen LogP contribution in [0, 0.1) is 24.0 Å². The molecule has 2 unspecified atom stereocenters. The topological polar surface area (TPSA) is 6.48 Å². The first-order chi connectivity index (χ1) is 16.9. The monoisotopic (exact) mass is 635 g/mol. The number of allylic oxidation sites excluding steroid dienone is 8. The van der Waals surface area contributed by atoms with Crippen molar-refractivity contribution >= 4 is 20.9 Å². The van der Waals surface area contributed by atoms with Gasteiger partial charge in [-0.1, -0.05) is 98.7 Å². The Labute approximate surface area is 263 Å². The van der Waals surface area contributed by atoms with Gasteiger partial charge in [0.15, 0.2) is 0 Å². The Hall–Kier alpha value is -1.84. The molecule has 6 heteroatoms. The maximum atomic E-state index is 3.45. The van der Waals surface area contributed by atoms with Crippen LogP contribution in [-0.4, -0.2) is 9.52 Å². The Morgan fingerprint density at radius 2 is 0.921 bits per heavy atom. The number of anilines is 2. The Bertz CT molecular complexity index is 1150. The summed E-state index contributed by atoms with van der Waals surface area (Å²) in [5.74, 6) is 0.723. The van der Waals surface area contributed by atoms with E-state index in [2.05, 4.69) is 148 Å². The van der Waals surface area contributed by atoms with Crippen LogP contribution in [0.3, 0.4) is 0 Å². The van der Waals surface area contributed by atoms with E-state index in [-0.39, 0.29) is 51.0 Å². The molecule has 1 radical (unpaired) electrons. The van der Waals surface area contributed by atoms with Crippen molar-refractivity contribution in [3.63, 3.8) is 0 Å². The number of halogens is 2. The van der Waals surface area contributed by atoms with Crippen LogP contribution in [0.2, 0.25) is 13.1 Å². The standard InChI is InChI=1S/2C15H14N.C2H7Si.2ClH.Zr/c2*1-11-8-13-10-12(2)16(15(13)9-11)14-6-4-3-5-7-14;1-3-2;;;/h2*3-7,9-10,13H,1-2H3;3H,1-2H3;2*1H;/q2*-1;;;;+4/p-2. The van der Waals surface area contributed by atoms with Gasteiger partial charge in [-0.15, -0.1) is 0 Å². The minimum absolute atomic E-state index is 0. The van der Waals surface area contributed by atoms with E-state index in [0.717, 1.165) is 9.52 Å². The second-order valence-electron chi connectivity index (χ2n) is 9.28. The molecule has 0 aromatic heterocycles. The zero-order valence-corrected chi connectivity index (χ0v) is 28.1. The Morgan fingerprint density at radius 3 is 1.24 bits per heavy atom. The summed E-state index contributed by atoms with van der Waals surface area (Å²) in [7, 11) is 0.750. The second-order valence-corrected chi connectivity index (χ2v) is 10.4. The second kappa shape index (κ2) is 15.7. The van der Waals surface area contributed by atoms with Crippen molar-refractivity contribution in [1.82, 2.24) is 0 Å². The third-order valence-corrected chi connectivity index (χ3v) is 6.20. The van der Waals surface area contributed by atoms with Crippen LogP contribution >= 0.6 is 0 Å². The van der Waals surface area contributed by atoms with E-state index in [0.29, 0.717) is 11.8 Å². The predicted octanol–water partition coefficient (Wildman–Crippen LogP) is 1.87. The smallest absolute Gasteiger partial charge is 1.00 e. The molecule has 2 aromatic carbocycles. The average molecular weight is 638 g/mol. The van der Waals surface area contributed by atoms with Gasteiger partial charge in [0.05, 0.1) is 0 Å². The molecule has 4 aliphatic rings. The molecular weight excluding hydrogens is 603 g/mol. The summed E-state index contributed by atoms with van der Waals surface area (Å²) >= 11 is 0. The van der Waals surface area contributed by atoms with E-state index in [4.69, 9.17) is 0 Å². The third-order valence-electron chi connectivity index (χ3n) is 6.20. The maximum absolute atomic E-state index is 3.45. The third kappa shape index (κ3) is 7.63. The summed E-state index contributed by atoms with van der Waals surface area (Å²) in [6, 6.07) is 21.0. The SMILES string of the molecule is CC1=[C-]C2C=C(C)N(c3ccccc3)C2=C1.CC1=[C-]C2C=C(C)N(c3ccccc3)C2=C1.C[SiH]C.[Cl-].[Cl-].[Zr+4]. The van der Waals surface area contributed by atoms with Gasteiger partial charge in [0, 0.05) is 32.3 Å². The quantitative estimate of drug-likeness (QED) is 0.367. The van der Waals surface area contributed by atoms with Gasteiger partial charge in [-0.3, -0.25) is 12.2 Å². The molecule has 2 aliphatic carbocycles. The van der Waals surface area contributed by atoms with Gasteiger partial charge >= 0.3 is 26.2 Å². The van der Waals surface area contributed by atoms with Crippen molar-refractivity contribution in [1.29, 1.82) is 0 Å². The van der Waals surface area contributed by atoms with Crippen LogP contribution in [0.15, 0.2) is 119 Å². The molecule has 2 atom stereocenters. The van der Waals surface area contributed by atoms with Crippen molar-refractivity contribution in [3.8, 4) is 0 Å². The van der Waals surface area contributed by atoms with E-state index in [1.54, 1.807) is 0 Å². The van der Waals surface area contributed by atoms with Gasteiger partial charge in [-0.05, 0) is 38.1 Å². The Balaban J connectivity index is 0.000000322. The minimum Gasteiger partial charge on any atom is -1.00 e. The van der Waals surface area contributed by atoms with E-state index in [1.165, 1.54) is 45.3 Å². The number of fused-ring (bicyclic) bond motifs is 2. The molecular formula is C32H35Cl2N2SiZr. The zero-order valence-electron chi connectivity index (χ0n) is 23.0. The van der Waals surface area contributed by atoms with Crippen LogP contribution in [0.25, 0.3) is 0 Å². The van der Waals surface area contributed by atoms with E-state index >= 15 is 0 Å². The molecule has 0 saturated heterocycles. The average Bonchev–Trinajstić information content (AvgIpc) is 3.53. The van der Waals surface area contributed by atoms with Crippen molar-refractivity contribution in [2.45, 2.75) is 40.8 Å². The van der Waals surface area contributed by atoms with Crippen LogP contribution < -0.4 is 34.6 Å². The first kappa shape index (κ1) is 34.2. The molecule has 0 spiro atoms. The maximum Gasteiger partial charge on any atom is 4.00 e. The number of para-hydroxylation sites is 2. The summed E-state index contributed by atoms with van der Waals surface area (Å²) in [6.45, 7) is 12.9. The fourth-order valence-electron chi connectivity index (χ4n) is 4.90. The van der Waals surface area contributed by atoms with Crippen molar-refractivity contribution < 1.29 is 51.0 Å². The molecule has 0 fully saturated rings. The molecule has 38 heavy (non-hydrogen) atoms. The number of benzene rings is 2. The van der Waals surface area contributed by atoms with Crippen LogP contribution in [0.1, 0.15) is 27.7 Å². The van der Waals surface area contributed by atoms with Crippen molar-refractivity contribution in [2.24, 2.45) is 11.8 Å². The number of hydrogen-bond donors (Lipinski definition) is 0. The molecule has 0 amide bonds. The molecule has 2 aromatic rings. The van der Waals surface area contributed by atoms with Crippen molar-refractivity contribution in [3.05, 3.63) is 131 Å². The normalized spacial score (nSPS) is 19.6. The van der Waals surface area contributed by atoms with Crippen molar-refractivity contribution in [2.75, 3.05) is 9.80 Å². The first-order valence-electron chi connectivity index (χ1n) is 12.4. The van der Waals surface area contributed by atoms with Gasteiger partial charge in [0.1, 0.15) is 0 Å². The van der Waals surface area contributed by atoms with Crippen LogP contribution in [0.5, 0.6) is 0 Å². The fourth-order valence-corrected chi connectivity index (χ4v) is 4.90. The Kier molecular flexibility index (Phi) is 14.1. The molecule has 195 valence electrons. The number of nitrogens with zero attached hydrogens (tertiary/aromatic N) is 2. The predicted molar refractivity (Wildman–Crippen MR) is 152 cm³/mol. The van der Waals surface area contributed by atoms with Gasteiger partial charge in [0.25, 0.3) is 0 Å². The largest absolute Gasteiger partial charge is 4.00 e. The van der Waals surface area contributed by atoms with E-state index < -0.39 is 0 Å². The number of rotatable bonds is 2. The first-order valence-corrected chi connectivity index (χ1v) is 14.7. The molecule has 6 rings (SSSR count). The van der Waals surface area contributed by atoms with Gasteiger partial charge in [0.2, 0.25) is 0 Å². The molecule has 0 bridgehead atoms. The summed E-state index contributed by atoms with van der Waals surface area (Å²) in [5, 5.41) is 0. The molecule has 0 N–H and O–H groups in total. The minimum atomic E-state index is 0. The summed E-state index contributed by atoms with van der Waals surface area (Å²) in [4.78, 5) is 4.63. The summed E-state index contributed by atoms with van der Waals surface area (Å²) < 4.78 is 0. The molecule has 2 nitrogen and oxygen atoms in total. The molecule has 2 heterocycles. The fraction of sp³-hybridized carbons (Fsp3) is 0.250. The summed E-state index contributed by atoms with van der Waals surface area (Å²) in [6.07, 6.45) is 15.9. The van der Waals surface area contributed by atoms with E-state index in [9.17, 15) is 0 Å². The molecule has 0 saturated carbocycles. The zero-order chi connectivity index (χ0) is 24.9. The van der Waals surface area contributed by atoms with E-state index in [1.807, 2.05) is 0 Å². The molecule has 2 aliphatic heterocycles. The van der Waals surface area contributed by atoms with Gasteiger partial charge in [-0.2, -0.15) is 12.2 Å². The van der Waals surface area contributed by atoms with Gasteiger partial charge < -0.3 is 34.6 Å². The summed E-state index contributed by atoms with van der Waals surface area (Å²) in [5.41, 5.74) is 10.2. The number of hydrogen-bond acceptors (Lipinski definition) is 2. The van der Waals surface area contributed by atoms with Crippen LogP contribution in [-0.2, 0) is 26.2 Å².